The Morgan fingerprint density at radius 2 is 1.64 bits per heavy atom. The van der Waals surface area contributed by atoms with E-state index in [-0.39, 0.29) is 11.0 Å². The summed E-state index contributed by atoms with van der Waals surface area (Å²) in [5, 5.41) is 0. The molecule has 0 N–H and O–H groups in total. The molecule has 0 aromatic heterocycles. The molecule has 0 aromatic rings. The maximum absolute atomic E-state index is 5.67. The van der Waals surface area contributed by atoms with E-state index in [2.05, 4.69) is 27.3 Å². The molecule has 0 aliphatic heterocycles. The summed E-state index contributed by atoms with van der Waals surface area (Å²) in [4.78, 5) is 0. The van der Waals surface area contributed by atoms with Crippen molar-refractivity contribution in [1.82, 2.24) is 0 Å². The molecule has 1 nitrogen and oxygen atoms in total. The first-order valence-corrected chi connectivity index (χ1v) is 11.5. The summed E-state index contributed by atoms with van der Waals surface area (Å²) >= 11 is 1.79. The second-order valence-electron chi connectivity index (χ2n) is 4.91. The van der Waals surface area contributed by atoms with Crippen LogP contribution in [0, 0.1) is 0 Å². The Kier molecular flexibility index (Phi) is 8.86. The molecule has 0 spiro atoms. The van der Waals surface area contributed by atoms with Crippen LogP contribution in [0.2, 0.25) is 12.6 Å². The number of unbranched alkanes of at least 4 members (excludes halogenated alkanes) is 3. The van der Waals surface area contributed by atoms with Crippen molar-refractivity contribution in [3.63, 3.8) is 0 Å². The molecular weight excluding hydrogens is 267 g/mol. The standard InChI is InChI=1S/C11H24OSi.Zr/c1-11(2,3)12-9-7-5-6-8-10-13-4;/h5-10H2,1-4H3;/q;+2. The predicted molar refractivity (Wildman–Crippen MR) is 60.6 cm³/mol. The second kappa shape index (κ2) is 8.24. The van der Waals surface area contributed by atoms with Crippen molar-refractivity contribution in [2.24, 2.45) is 0 Å². The average molecular weight is 292 g/mol. The second-order valence-corrected chi connectivity index (χ2v) is 13.3. The van der Waals surface area contributed by atoms with E-state index in [1.54, 1.807) is 23.3 Å². The molecule has 0 amide bonds. The molecule has 0 unspecified atom stereocenters. The summed E-state index contributed by atoms with van der Waals surface area (Å²) in [5.41, 5.74) is 0.157. The Morgan fingerprint density at radius 1 is 1.07 bits per heavy atom. The van der Waals surface area contributed by atoms with E-state index in [9.17, 15) is 0 Å². The molecule has 80 valence electrons. The number of rotatable bonds is 7. The van der Waals surface area contributed by atoms with E-state index >= 15 is 0 Å². The molecule has 0 saturated heterocycles. The van der Waals surface area contributed by atoms with Crippen molar-refractivity contribution in [3.8, 4) is 0 Å². The zero-order valence-corrected chi connectivity index (χ0v) is 13.6. The quantitative estimate of drug-likeness (QED) is 0.515. The predicted octanol–water partition coefficient (Wildman–Crippen LogP) is 3.53. The van der Waals surface area contributed by atoms with Crippen LogP contribution in [-0.2, 0) is 28.1 Å². The average Bonchev–Trinajstić information content (AvgIpc) is 2.00. The molecule has 0 aromatic carbocycles. The van der Waals surface area contributed by atoms with Gasteiger partial charge >= 0.3 is 105 Å². The molecule has 0 fully saturated rings. The molecule has 0 radical (unpaired) electrons. The summed E-state index contributed by atoms with van der Waals surface area (Å²) < 4.78 is 5.67. The van der Waals surface area contributed by atoms with Crippen LogP contribution in [0.5, 0.6) is 0 Å². The van der Waals surface area contributed by atoms with Crippen molar-refractivity contribution >= 4 is 5.43 Å². The van der Waals surface area contributed by atoms with Gasteiger partial charge in [-0.05, 0) is 0 Å². The molecule has 3 heteroatoms. The van der Waals surface area contributed by atoms with E-state index in [1.807, 2.05) is 0 Å². The van der Waals surface area contributed by atoms with Crippen molar-refractivity contribution in [2.75, 3.05) is 6.61 Å². The third-order valence-electron chi connectivity index (χ3n) is 1.98. The van der Waals surface area contributed by atoms with E-state index in [0.29, 0.717) is 0 Å². The summed E-state index contributed by atoms with van der Waals surface area (Å²) in [6.45, 7) is 9.74. The molecule has 14 heavy (non-hydrogen) atoms. The third kappa shape index (κ3) is 13.1. The Hall–Kier alpha value is 1.06. The van der Waals surface area contributed by atoms with Crippen LogP contribution >= 0.6 is 0 Å². The Labute approximate surface area is 104 Å². The van der Waals surface area contributed by atoms with Gasteiger partial charge < -0.3 is 0 Å². The monoisotopic (exact) mass is 290 g/mol. The van der Waals surface area contributed by atoms with Crippen molar-refractivity contribution in [3.05, 3.63) is 0 Å². The van der Waals surface area contributed by atoms with Crippen LogP contribution in [0.1, 0.15) is 46.5 Å². The fourth-order valence-electron chi connectivity index (χ4n) is 1.22. The van der Waals surface area contributed by atoms with Gasteiger partial charge in [-0.25, -0.2) is 0 Å². The van der Waals surface area contributed by atoms with Gasteiger partial charge in [0, 0.05) is 0 Å². The molecule has 0 heterocycles. The summed E-state index contributed by atoms with van der Waals surface area (Å²) in [7, 11) is 0. The fraction of sp³-hybridized carbons (Fsp3) is 1.00. The van der Waals surface area contributed by atoms with E-state index in [1.165, 1.54) is 31.7 Å². The SMILES string of the molecule is C[Si](=[Zr+2])CCCCCCOC(C)(C)C. The van der Waals surface area contributed by atoms with Gasteiger partial charge in [0.15, 0.2) is 0 Å². The van der Waals surface area contributed by atoms with Gasteiger partial charge in [0.05, 0.1) is 0 Å². The molecule has 0 aliphatic carbocycles. The zero-order chi connectivity index (χ0) is 11.0. The van der Waals surface area contributed by atoms with Gasteiger partial charge in [-0.3, -0.25) is 0 Å². The van der Waals surface area contributed by atoms with Crippen LogP contribution < -0.4 is 0 Å². The van der Waals surface area contributed by atoms with Crippen LogP contribution in [0.25, 0.3) is 0 Å². The van der Waals surface area contributed by atoms with Gasteiger partial charge in [-0.1, -0.05) is 0 Å². The number of hydrogen-bond donors (Lipinski definition) is 0. The summed E-state index contributed by atoms with van der Waals surface area (Å²) in [6, 6.07) is 1.52. The minimum atomic E-state index is 0.0482. The molecule has 0 rings (SSSR count). The zero-order valence-electron chi connectivity index (χ0n) is 10.2. The summed E-state index contributed by atoms with van der Waals surface area (Å²) in [5.74, 6) is 0. The Morgan fingerprint density at radius 3 is 2.14 bits per heavy atom. The fourth-order valence-corrected chi connectivity index (χ4v) is 3.31. The topological polar surface area (TPSA) is 9.23 Å². The Balaban J connectivity index is 3.11. The van der Waals surface area contributed by atoms with Crippen molar-refractivity contribution in [2.45, 2.75) is 64.6 Å². The number of hydrogen-bond acceptors (Lipinski definition) is 1. The molecule has 0 saturated carbocycles. The van der Waals surface area contributed by atoms with E-state index < -0.39 is 0 Å². The Bertz CT molecular complexity index is 163. The van der Waals surface area contributed by atoms with Gasteiger partial charge in [-0.2, -0.15) is 0 Å². The molecule has 0 bridgehead atoms. The van der Waals surface area contributed by atoms with Gasteiger partial charge in [0.1, 0.15) is 0 Å². The first kappa shape index (κ1) is 15.1. The van der Waals surface area contributed by atoms with Gasteiger partial charge in [-0.15, -0.1) is 0 Å². The number of ether oxygens (including phenoxy) is 1. The minimum absolute atomic E-state index is 0.0482. The molecule has 0 aliphatic rings. The first-order valence-electron chi connectivity index (χ1n) is 5.60. The van der Waals surface area contributed by atoms with Crippen molar-refractivity contribution < 1.29 is 28.1 Å². The van der Waals surface area contributed by atoms with Crippen LogP contribution in [0.3, 0.4) is 0 Å². The first-order chi connectivity index (χ1) is 6.42. The van der Waals surface area contributed by atoms with E-state index in [0.717, 1.165) is 6.61 Å². The van der Waals surface area contributed by atoms with Gasteiger partial charge in [0.2, 0.25) is 0 Å². The van der Waals surface area contributed by atoms with Crippen LogP contribution in [0.15, 0.2) is 0 Å². The summed E-state index contributed by atoms with van der Waals surface area (Å²) in [6.07, 6.45) is 5.44. The molecular formula is C11H24OSiZr+2. The van der Waals surface area contributed by atoms with Crippen molar-refractivity contribution in [1.29, 1.82) is 0 Å². The van der Waals surface area contributed by atoms with Crippen LogP contribution in [-0.4, -0.2) is 17.6 Å². The van der Waals surface area contributed by atoms with E-state index in [4.69, 9.17) is 4.74 Å². The third-order valence-corrected chi connectivity index (χ3v) is 4.93. The van der Waals surface area contributed by atoms with Gasteiger partial charge in [0.25, 0.3) is 0 Å². The maximum atomic E-state index is 5.67. The normalized spacial score (nSPS) is 11.9. The van der Waals surface area contributed by atoms with Crippen LogP contribution in [0.4, 0.5) is 0 Å². The molecule has 0 atom stereocenters.